The van der Waals surface area contributed by atoms with E-state index >= 15 is 0 Å². The number of ether oxygens (including phenoxy) is 1. The molecule has 3 N–H and O–H groups in total. The first-order valence-corrected chi connectivity index (χ1v) is 8.18. The van der Waals surface area contributed by atoms with Crippen molar-refractivity contribution in [3.63, 3.8) is 0 Å². The number of nitrogens with zero attached hydrogens (tertiary/aromatic N) is 1. The fourth-order valence-electron chi connectivity index (χ4n) is 3.21. The van der Waals surface area contributed by atoms with Crippen LogP contribution in [0.15, 0.2) is 18.5 Å². The van der Waals surface area contributed by atoms with Crippen LogP contribution in [-0.2, 0) is 4.74 Å². The molecule has 1 aliphatic carbocycles. The highest BCUT2D eigenvalue weighted by Crippen LogP contribution is 2.32. The molecule has 0 radical (unpaired) electrons. The van der Waals surface area contributed by atoms with Crippen LogP contribution in [0.25, 0.3) is 11.0 Å². The predicted molar refractivity (Wildman–Crippen MR) is 88.5 cm³/mol. The number of anilines is 1. The van der Waals surface area contributed by atoms with E-state index < -0.39 is 0 Å². The van der Waals surface area contributed by atoms with Gasteiger partial charge in [-0.05, 0) is 38.2 Å². The Morgan fingerprint density at radius 2 is 2.35 bits per heavy atom. The van der Waals surface area contributed by atoms with Gasteiger partial charge in [-0.25, -0.2) is 9.78 Å². The molecule has 3 rings (SSSR count). The van der Waals surface area contributed by atoms with E-state index in [9.17, 15) is 9.90 Å². The van der Waals surface area contributed by atoms with Crippen molar-refractivity contribution < 1.29 is 14.6 Å². The second kappa shape index (κ2) is 6.58. The number of esters is 1. The summed E-state index contributed by atoms with van der Waals surface area (Å²) in [7, 11) is 0. The van der Waals surface area contributed by atoms with E-state index in [-0.39, 0.29) is 18.1 Å². The highest BCUT2D eigenvalue weighted by atomic mass is 16.5. The molecule has 0 unspecified atom stereocenters. The Bertz CT molecular complexity index is 697. The molecule has 1 saturated carbocycles. The second-order valence-corrected chi connectivity index (χ2v) is 6.20. The monoisotopic (exact) mass is 317 g/mol. The highest BCUT2D eigenvalue weighted by Gasteiger charge is 2.28. The van der Waals surface area contributed by atoms with Gasteiger partial charge in [-0.3, -0.25) is 0 Å². The lowest BCUT2D eigenvalue weighted by molar-refractivity contribution is 0.0527. The normalized spacial score (nSPS) is 24.6. The number of aliphatic hydroxyl groups excluding tert-OH is 1. The topological polar surface area (TPSA) is 87.2 Å². The molecule has 6 heteroatoms. The van der Waals surface area contributed by atoms with Crippen LogP contribution >= 0.6 is 0 Å². The van der Waals surface area contributed by atoms with Gasteiger partial charge >= 0.3 is 5.97 Å². The molecular weight excluding hydrogens is 294 g/mol. The van der Waals surface area contributed by atoms with Crippen LogP contribution in [-0.4, -0.2) is 39.8 Å². The number of fused-ring (bicyclic) bond motifs is 1. The quantitative estimate of drug-likeness (QED) is 0.755. The Morgan fingerprint density at radius 3 is 3.13 bits per heavy atom. The SMILES string of the molecule is CCOC(=O)c1cnc2[nH]ccc2c1N[C@@H]1C[C@H](O)CC[C@H]1C. The maximum Gasteiger partial charge on any atom is 0.341 e. The molecule has 2 aromatic heterocycles. The largest absolute Gasteiger partial charge is 0.462 e. The number of nitrogens with one attached hydrogen (secondary N) is 2. The van der Waals surface area contributed by atoms with Gasteiger partial charge < -0.3 is 20.1 Å². The van der Waals surface area contributed by atoms with Gasteiger partial charge in [0, 0.05) is 23.8 Å². The number of pyridine rings is 1. The van der Waals surface area contributed by atoms with E-state index in [2.05, 4.69) is 22.2 Å². The minimum absolute atomic E-state index is 0.118. The van der Waals surface area contributed by atoms with Gasteiger partial charge in [0.15, 0.2) is 0 Å². The number of aromatic nitrogens is 2. The smallest absolute Gasteiger partial charge is 0.341 e. The number of carbonyl (C=O) groups is 1. The van der Waals surface area contributed by atoms with Crippen molar-refractivity contribution >= 4 is 22.7 Å². The lowest BCUT2D eigenvalue weighted by atomic mass is 9.84. The van der Waals surface area contributed by atoms with Gasteiger partial charge in [0.1, 0.15) is 11.2 Å². The van der Waals surface area contributed by atoms with Crippen LogP contribution < -0.4 is 5.32 Å². The third kappa shape index (κ3) is 3.17. The van der Waals surface area contributed by atoms with Crippen LogP contribution in [0, 0.1) is 5.92 Å². The molecule has 0 bridgehead atoms. The average Bonchev–Trinajstić information content (AvgIpc) is 3.00. The molecule has 0 spiro atoms. The molecule has 1 aliphatic rings. The summed E-state index contributed by atoms with van der Waals surface area (Å²) in [5.74, 6) is 0.0465. The maximum absolute atomic E-state index is 12.3. The second-order valence-electron chi connectivity index (χ2n) is 6.20. The van der Waals surface area contributed by atoms with Gasteiger partial charge in [-0.2, -0.15) is 0 Å². The molecule has 0 aliphatic heterocycles. The number of aliphatic hydroxyl groups is 1. The summed E-state index contributed by atoms with van der Waals surface area (Å²) in [5.41, 5.74) is 1.90. The molecular formula is C17H23N3O3. The summed E-state index contributed by atoms with van der Waals surface area (Å²) < 4.78 is 5.15. The van der Waals surface area contributed by atoms with Gasteiger partial charge in [0.25, 0.3) is 0 Å². The Kier molecular flexibility index (Phi) is 4.52. The van der Waals surface area contributed by atoms with Crippen LogP contribution in [0.4, 0.5) is 5.69 Å². The summed E-state index contributed by atoms with van der Waals surface area (Å²) in [6, 6.07) is 2.02. The molecule has 0 aromatic carbocycles. The molecule has 1 fully saturated rings. The summed E-state index contributed by atoms with van der Waals surface area (Å²) in [4.78, 5) is 19.6. The van der Waals surface area contributed by atoms with Crippen molar-refractivity contribution in [2.75, 3.05) is 11.9 Å². The molecule has 0 saturated heterocycles. The number of hydrogen-bond acceptors (Lipinski definition) is 5. The molecule has 3 atom stereocenters. The summed E-state index contributed by atoms with van der Waals surface area (Å²) in [6.07, 6.45) is 5.53. The molecule has 124 valence electrons. The van der Waals surface area contributed by atoms with Crippen molar-refractivity contribution in [3.05, 3.63) is 24.0 Å². The maximum atomic E-state index is 12.3. The van der Waals surface area contributed by atoms with Crippen LogP contribution in [0.2, 0.25) is 0 Å². The van der Waals surface area contributed by atoms with Crippen molar-refractivity contribution in [2.24, 2.45) is 5.92 Å². The van der Waals surface area contributed by atoms with Gasteiger partial charge in [-0.15, -0.1) is 0 Å². The molecule has 2 heterocycles. The van der Waals surface area contributed by atoms with Crippen molar-refractivity contribution in [3.8, 4) is 0 Å². The Labute approximate surface area is 135 Å². The summed E-state index contributed by atoms with van der Waals surface area (Å²) in [6.45, 7) is 4.28. The van der Waals surface area contributed by atoms with E-state index in [0.717, 1.165) is 29.6 Å². The number of hydrogen-bond donors (Lipinski definition) is 3. The highest BCUT2D eigenvalue weighted by molar-refractivity contribution is 6.04. The summed E-state index contributed by atoms with van der Waals surface area (Å²) >= 11 is 0. The van der Waals surface area contributed by atoms with E-state index in [1.807, 2.05) is 6.07 Å². The average molecular weight is 317 g/mol. The number of rotatable bonds is 4. The van der Waals surface area contributed by atoms with E-state index in [1.165, 1.54) is 0 Å². The molecule has 23 heavy (non-hydrogen) atoms. The van der Waals surface area contributed by atoms with E-state index in [1.54, 1.807) is 19.3 Å². The Hall–Kier alpha value is -2.08. The molecule has 6 nitrogen and oxygen atoms in total. The van der Waals surface area contributed by atoms with Crippen LogP contribution in [0.5, 0.6) is 0 Å². The number of aromatic amines is 1. The van der Waals surface area contributed by atoms with Crippen molar-refractivity contribution in [2.45, 2.75) is 45.3 Å². The first kappa shape index (κ1) is 15.8. The van der Waals surface area contributed by atoms with Gasteiger partial charge in [0.2, 0.25) is 0 Å². The first-order chi connectivity index (χ1) is 11.1. The van der Waals surface area contributed by atoms with Crippen molar-refractivity contribution in [1.82, 2.24) is 9.97 Å². The van der Waals surface area contributed by atoms with E-state index in [0.29, 0.717) is 24.5 Å². The minimum Gasteiger partial charge on any atom is -0.462 e. The fourth-order valence-corrected chi connectivity index (χ4v) is 3.21. The van der Waals surface area contributed by atoms with Gasteiger partial charge in [-0.1, -0.05) is 6.92 Å². The minimum atomic E-state index is -0.380. The number of H-pyrrole nitrogens is 1. The van der Waals surface area contributed by atoms with Crippen LogP contribution in [0.1, 0.15) is 43.5 Å². The van der Waals surface area contributed by atoms with E-state index in [4.69, 9.17) is 4.74 Å². The zero-order valence-corrected chi connectivity index (χ0v) is 13.5. The van der Waals surface area contributed by atoms with Gasteiger partial charge in [0.05, 0.1) is 18.4 Å². The lowest BCUT2D eigenvalue weighted by Crippen LogP contribution is -2.36. The predicted octanol–water partition coefficient (Wildman–Crippen LogP) is 2.70. The lowest BCUT2D eigenvalue weighted by Gasteiger charge is -2.33. The summed E-state index contributed by atoms with van der Waals surface area (Å²) in [5, 5.41) is 14.3. The first-order valence-electron chi connectivity index (χ1n) is 8.18. The third-order valence-electron chi connectivity index (χ3n) is 4.58. The third-order valence-corrected chi connectivity index (χ3v) is 4.58. The van der Waals surface area contributed by atoms with Crippen molar-refractivity contribution in [1.29, 1.82) is 0 Å². The molecule has 0 amide bonds. The zero-order valence-electron chi connectivity index (χ0n) is 13.5. The Morgan fingerprint density at radius 1 is 1.52 bits per heavy atom. The standard InChI is InChI=1S/C17H23N3O3/c1-3-23-17(22)13-9-19-16-12(6-7-18-16)15(13)20-14-8-11(21)5-4-10(14)2/h6-7,9-11,14,21H,3-5,8H2,1-2H3,(H2,18,19,20)/t10-,11-,14-/m1/s1. The van der Waals surface area contributed by atoms with Crippen LogP contribution in [0.3, 0.4) is 0 Å². The number of carbonyl (C=O) groups excluding carboxylic acids is 1. The zero-order chi connectivity index (χ0) is 16.4. The Balaban J connectivity index is 1.98. The molecule has 2 aromatic rings. The fraction of sp³-hybridized carbons (Fsp3) is 0.529.